The summed E-state index contributed by atoms with van der Waals surface area (Å²) in [7, 11) is 0. The summed E-state index contributed by atoms with van der Waals surface area (Å²) in [6.45, 7) is 3.14. The Balaban J connectivity index is 2.96. The number of nitrogens with two attached hydrogens (primary N) is 1. The molecule has 0 saturated heterocycles. The largest absolute Gasteiger partial charge is 0.512 e. The number of aliphatic imine (C=N–C) groups is 1. The molecule has 0 fully saturated rings. The number of aryl methyl sites for hydroxylation is 1. The van der Waals surface area contributed by atoms with Crippen molar-refractivity contribution in [3.05, 3.63) is 29.3 Å². The molecule has 84 valence electrons. The van der Waals surface area contributed by atoms with Gasteiger partial charge in [-0.25, -0.2) is 15.0 Å². The maximum atomic E-state index is 10.9. The molecule has 0 atom stereocenters. The van der Waals surface area contributed by atoms with Gasteiger partial charge in [-0.1, -0.05) is 0 Å². The third-order valence-electron chi connectivity index (χ3n) is 1.75. The van der Waals surface area contributed by atoms with E-state index in [2.05, 4.69) is 15.0 Å². The van der Waals surface area contributed by atoms with Crippen LogP contribution in [0.3, 0.4) is 0 Å². The van der Waals surface area contributed by atoms with E-state index in [1.165, 1.54) is 6.92 Å². The van der Waals surface area contributed by atoms with E-state index < -0.39 is 5.91 Å². The van der Waals surface area contributed by atoms with Gasteiger partial charge in [-0.3, -0.25) is 4.79 Å². The number of allylic oxidation sites excluding steroid dienone is 1. The second-order valence-corrected chi connectivity index (χ2v) is 3.12. The molecule has 0 aromatic carbocycles. The highest BCUT2D eigenvalue weighted by atomic mass is 16.3. The first-order valence-corrected chi connectivity index (χ1v) is 4.54. The van der Waals surface area contributed by atoms with Gasteiger partial charge in [0.25, 0.3) is 5.91 Å². The Bertz CT molecular complexity index is 462. The second-order valence-electron chi connectivity index (χ2n) is 3.12. The van der Waals surface area contributed by atoms with Crippen LogP contribution in [0.5, 0.6) is 0 Å². The molecule has 1 aromatic rings. The summed E-state index contributed by atoms with van der Waals surface area (Å²) in [6, 6.07) is 1.72. The third-order valence-corrected chi connectivity index (χ3v) is 1.75. The fourth-order valence-corrected chi connectivity index (χ4v) is 0.955. The minimum absolute atomic E-state index is 0.0647. The number of carbonyl (C=O) groups is 1. The molecule has 1 amide bonds. The molecule has 16 heavy (non-hydrogen) atoms. The number of amides is 1. The number of rotatable bonds is 3. The quantitative estimate of drug-likeness (QED) is 0.447. The van der Waals surface area contributed by atoms with Gasteiger partial charge in [-0.2, -0.15) is 0 Å². The summed E-state index contributed by atoms with van der Waals surface area (Å²) in [5, 5.41) is 9.16. The van der Waals surface area contributed by atoms with E-state index in [4.69, 9.17) is 10.8 Å². The van der Waals surface area contributed by atoms with E-state index in [-0.39, 0.29) is 17.3 Å². The predicted molar refractivity (Wildman–Crippen MR) is 59.4 cm³/mol. The topological polar surface area (TPSA) is 101 Å². The van der Waals surface area contributed by atoms with Crippen molar-refractivity contribution < 1.29 is 9.90 Å². The van der Waals surface area contributed by atoms with Crippen molar-refractivity contribution in [3.8, 4) is 0 Å². The van der Waals surface area contributed by atoms with Crippen molar-refractivity contribution in [3.63, 3.8) is 0 Å². The van der Waals surface area contributed by atoms with Crippen LogP contribution in [-0.4, -0.2) is 27.2 Å². The van der Waals surface area contributed by atoms with Crippen molar-refractivity contribution in [1.82, 2.24) is 9.97 Å². The van der Waals surface area contributed by atoms with Crippen LogP contribution < -0.4 is 5.73 Å². The highest BCUT2D eigenvalue weighted by Gasteiger charge is 2.05. The lowest BCUT2D eigenvalue weighted by Gasteiger charge is -1.97. The fourth-order valence-electron chi connectivity index (χ4n) is 0.955. The molecule has 3 N–H and O–H groups in total. The molecular formula is C10H12N4O2. The van der Waals surface area contributed by atoms with Gasteiger partial charge in [0.1, 0.15) is 5.76 Å². The lowest BCUT2D eigenvalue weighted by molar-refractivity contribution is -0.114. The molecule has 0 radical (unpaired) electrons. The summed E-state index contributed by atoms with van der Waals surface area (Å²) < 4.78 is 0. The Morgan fingerprint density at radius 2 is 2.31 bits per heavy atom. The van der Waals surface area contributed by atoms with Gasteiger partial charge in [-0.05, 0) is 19.9 Å². The van der Waals surface area contributed by atoms with Crippen molar-refractivity contribution in [2.75, 3.05) is 0 Å². The molecule has 0 unspecified atom stereocenters. The lowest BCUT2D eigenvalue weighted by atomic mass is 10.2. The zero-order valence-electron chi connectivity index (χ0n) is 9.01. The van der Waals surface area contributed by atoms with Crippen molar-refractivity contribution in [2.45, 2.75) is 13.8 Å². The summed E-state index contributed by atoms with van der Waals surface area (Å²) in [5.41, 5.74) is 5.74. The molecule has 6 nitrogen and oxygen atoms in total. The third kappa shape index (κ3) is 3.16. The summed E-state index contributed by atoms with van der Waals surface area (Å²) >= 11 is 0. The van der Waals surface area contributed by atoms with Gasteiger partial charge >= 0.3 is 0 Å². The van der Waals surface area contributed by atoms with E-state index in [1.807, 2.05) is 0 Å². The van der Waals surface area contributed by atoms with Gasteiger partial charge in [-0.15, -0.1) is 0 Å². The van der Waals surface area contributed by atoms with E-state index in [1.54, 1.807) is 19.2 Å². The number of aromatic nitrogens is 2. The lowest BCUT2D eigenvalue weighted by Crippen LogP contribution is -2.16. The molecule has 6 heteroatoms. The summed E-state index contributed by atoms with van der Waals surface area (Å²) in [6.07, 6.45) is 2.70. The Kier molecular flexibility index (Phi) is 3.71. The first-order valence-electron chi connectivity index (χ1n) is 4.54. The normalized spacial score (nSPS) is 12.6. The zero-order valence-corrected chi connectivity index (χ0v) is 9.01. The molecule has 0 saturated carbocycles. The summed E-state index contributed by atoms with van der Waals surface area (Å²) in [4.78, 5) is 22.6. The maximum absolute atomic E-state index is 10.9. The molecule has 0 aliphatic rings. The fraction of sp³-hybridized carbons (Fsp3) is 0.200. The van der Waals surface area contributed by atoms with Crippen LogP contribution >= 0.6 is 0 Å². The van der Waals surface area contributed by atoms with E-state index in [0.29, 0.717) is 0 Å². The number of nitrogens with zero attached hydrogens (tertiary/aromatic N) is 3. The molecular weight excluding hydrogens is 208 g/mol. The van der Waals surface area contributed by atoms with Gasteiger partial charge in [0.05, 0.1) is 5.57 Å². The Morgan fingerprint density at radius 3 is 2.81 bits per heavy atom. The number of carbonyl (C=O) groups excluding carboxylic acids is 1. The Labute approximate surface area is 92.6 Å². The first-order chi connectivity index (χ1) is 7.50. The monoisotopic (exact) mass is 220 g/mol. The number of aliphatic hydroxyl groups excluding tert-OH is 1. The molecule has 1 rings (SSSR count). The van der Waals surface area contributed by atoms with Crippen LogP contribution in [-0.2, 0) is 4.79 Å². The number of aliphatic hydroxyl groups is 1. The van der Waals surface area contributed by atoms with Crippen LogP contribution in [0.15, 0.2) is 28.6 Å². The molecule has 1 aromatic heterocycles. The van der Waals surface area contributed by atoms with Gasteiger partial charge in [0.2, 0.25) is 5.95 Å². The van der Waals surface area contributed by atoms with Crippen LogP contribution in [0.25, 0.3) is 0 Å². The number of hydrogen-bond donors (Lipinski definition) is 2. The van der Waals surface area contributed by atoms with Crippen LogP contribution in [0.4, 0.5) is 5.95 Å². The smallest absolute Gasteiger partial charge is 0.253 e. The average molecular weight is 220 g/mol. The number of primary amides is 1. The van der Waals surface area contributed by atoms with Crippen molar-refractivity contribution >= 4 is 18.1 Å². The van der Waals surface area contributed by atoms with Crippen LogP contribution in [0.1, 0.15) is 12.6 Å². The Hall–Kier alpha value is -2.24. The molecule has 0 aliphatic carbocycles. The first kappa shape index (κ1) is 11.8. The summed E-state index contributed by atoms with van der Waals surface area (Å²) in [5.74, 6) is -0.736. The van der Waals surface area contributed by atoms with E-state index >= 15 is 0 Å². The minimum Gasteiger partial charge on any atom is -0.512 e. The zero-order chi connectivity index (χ0) is 12.1. The van der Waals surface area contributed by atoms with Crippen molar-refractivity contribution in [1.29, 1.82) is 0 Å². The van der Waals surface area contributed by atoms with E-state index in [9.17, 15) is 4.79 Å². The average Bonchev–Trinajstić information content (AvgIpc) is 2.16. The second kappa shape index (κ2) is 5.01. The molecule has 0 aliphatic heterocycles. The van der Waals surface area contributed by atoms with E-state index in [0.717, 1.165) is 11.9 Å². The molecule has 0 bridgehead atoms. The van der Waals surface area contributed by atoms with Gasteiger partial charge in [0, 0.05) is 18.1 Å². The van der Waals surface area contributed by atoms with Crippen LogP contribution in [0.2, 0.25) is 0 Å². The highest BCUT2D eigenvalue weighted by molar-refractivity contribution is 6.12. The predicted octanol–water partition coefficient (Wildman–Crippen LogP) is 0.805. The standard InChI is InChI=1S/C10H12N4O2/c1-6-3-4-12-10(14-6)13-5-8(7(2)15)9(11)16/h3-5,15H,1-2H3,(H2,11,16)/b8-7-,13-5+. The molecule has 0 spiro atoms. The van der Waals surface area contributed by atoms with Gasteiger partial charge < -0.3 is 10.8 Å². The minimum atomic E-state index is -0.753. The Morgan fingerprint density at radius 1 is 1.62 bits per heavy atom. The van der Waals surface area contributed by atoms with Crippen molar-refractivity contribution in [2.24, 2.45) is 10.7 Å². The maximum Gasteiger partial charge on any atom is 0.253 e. The SMILES string of the molecule is C/C(O)=C(\C=N\c1nccc(C)n1)C(N)=O. The molecule has 1 heterocycles. The number of hydrogen-bond acceptors (Lipinski definition) is 5. The van der Waals surface area contributed by atoms with Gasteiger partial charge in [0.15, 0.2) is 0 Å². The highest BCUT2D eigenvalue weighted by Crippen LogP contribution is 2.04. The van der Waals surface area contributed by atoms with Crippen LogP contribution in [0, 0.1) is 6.92 Å².